The first-order chi connectivity index (χ1) is 16.0. The highest BCUT2D eigenvalue weighted by Crippen LogP contribution is 2.18. The minimum Gasteiger partial charge on any atom is -0.494 e. The Balaban J connectivity index is 1.77. The van der Waals surface area contributed by atoms with E-state index in [-0.39, 0.29) is 11.0 Å². The number of unbranched alkanes of at least 4 members (excludes halogenated alkanes) is 4. The quantitative estimate of drug-likeness (QED) is 0.235. The first kappa shape index (κ1) is 26.1. The third-order valence-corrected chi connectivity index (χ3v) is 4.95. The first-order valence-corrected chi connectivity index (χ1v) is 11.8. The van der Waals surface area contributed by atoms with Crippen LogP contribution in [-0.2, 0) is 0 Å². The van der Waals surface area contributed by atoms with E-state index in [1.165, 1.54) is 19.3 Å². The molecule has 0 fully saturated rings. The first-order valence-electron chi connectivity index (χ1n) is 11.4. The molecule has 178 valence electrons. The van der Waals surface area contributed by atoms with Crippen LogP contribution in [0.1, 0.15) is 73.1 Å². The predicted molar refractivity (Wildman–Crippen MR) is 134 cm³/mol. The Morgan fingerprint density at radius 2 is 1.52 bits per heavy atom. The minimum atomic E-state index is -0.422. The van der Waals surface area contributed by atoms with Gasteiger partial charge >= 0.3 is 0 Å². The van der Waals surface area contributed by atoms with Crippen molar-refractivity contribution in [3.05, 3.63) is 59.7 Å². The van der Waals surface area contributed by atoms with Crippen molar-refractivity contribution in [1.82, 2.24) is 16.2 Å². The fraction of sp³-hybridized carbons (Fsp3) is 0.400. The van der Waals surface area contributed by atoms with Gasteiger partial charge in [-0.15, -0.1) is 0 Å². The largest absolute Gasteiger partial charge is 0.494 e. The van der Waals surface area contributed by atoms with Gasteiger partial charge in [-0.1, -0.05) is 51.7 Å². The molecule has 0 radical (unpaired) electrons. The van der Waals surface area contributed by atoms with Gasteiger partial charge in [0.1, 0.15) is 11.5 Å². The standard InChI is InChI=1S/C25H33N3O4S/c1-3-5-6-7-10-18-31-20-15-13-19(14-16-20)23(29)26-25(33)28-27-24(30)21-11-8-9-12-22(21)32-17-4-2/h8-9,11-16H,3-7,10,17-18H2,1-2H3,(H,27,30)(H2,26,28,29,33). The van der Waals surface area contributed by atoms with Crippen LogP contribution in [0.3, 0.4) is 0 Å². The topological polar surface area (TPSA) is 88.7 Å². The van der Waals surface area contributed by atoms with Crippen LogP contribution in [0.5, 0.6) is 11.5 Å². The lowest BCUT2D eigenvalue weighted by molar-refractivity contribution is 0.0931. The maximum atomic E-state index is 12.4. The molecular weight excluding hydrogens is 438 g/mol. The molecule has 2 aromatic rings. The number of hydrogen-bond acceptors (Lipinski definition) is 5. The summed E-state index contributed by atoms with van der Waals surface area (Å²) >= 11 is 5.11. The number of amides is 2. The normalized spacial score (nSPS) is 10.2. The van der Waals surface area contributed by atoms with Crippen molar-refractivity contribution < 1.29 is 19.1 Å². The molecule has 3 N–H and O–H groups in total. The SMILES string of the molecule is CCCCCCCOc1ccc(C(=O)NC(=S)NNC(=O)c2ccccc2OCCC)cc1. The van der Waals surface area contributed by atoms with E-state index in [0.29, 0.717) is 30.1 Å². The van der Waals surface area contributed by atoms with Gasteiger partial charge in [-0.05, 0) is 61.5 Å². The lowest BCUT2D eigenvalue weighted by Gasteiger charge is -2.13. The summed E-state index contributed by atoms with van der Waals surface area (Å²) in [5, 5.41) is 2.52. The molecule has 33 heavy (non-hydrogen) atoms. The molecule has 0 unspecified atom stereocenters. The van der Waals surface area contributed by atoms with E-state index < -0.39 is 5.91 Å². The summed E-state index contributed by atoms with van der Waals surface area (Å²) in [7, 11) is 0. The van der Waals surface area contributed by atoms with E-state index in [9.17, 15) is 9.59 Å². The smallest absolute Gasteiger partial charge is 0.273 e. The summed E-state index contributed by atoms with van der Waals surface area (Å²) in [6, 6.07) is 13.8. The number of hydrazine groups is 1. The molecule has 0 heterocycles. The van der Waals surface area contributed by atoms with Crippen molar-refractivity contribution in [3.63, 3.8) is 0 Å². The number of nitrogens with one attached hydrogen (secondary N) is 3. The van der Waals surface area contributed by atoms with Crippen LogP contribution in [0, 0.1) is 0 Å². The zero-order chi connectivity index (χ0) is 23.9. The summed E-state index contributed by atoms with van der Waals surface area (Å²) in [6.07, 6.45) is 6.71. The van der Waals surface area contributed by atoms with E-state index >= 15 is 0 Å². The number of benzene rings is 2. The number of para-hydroxylation sites is 1. The molecular formula is C25H33N3O4S. The molecule has 2 amide bonds. The molecule has 8 heteroatoms. The van der Waals surface area contributed by atoms with Gasteiger partial charge in [-0.3, -0.25) is 25.8 Å². The third kappa shape index (κ3) is 9.49. The summed E-state index contributed by atoms with van der Waals surface area (Å²) in [6.45, 7) is 5.35. The van der Waals surface area contributed by atoms with Gasteiger partial charge in [0.2, 0.25) is 0 Å². The molecule has 0 spiro atoms. The van der Waals surface area contributed by atoms with E-state index in [1.807, 2.05) is 6.92 Å². The Hall–Kier alpha value is -3.13. The Bertz CT molecular complexity index is 903. The van der Waals surface area contributed by atoms with Crippen LogP contribution in [0.25, 0.3) is 0 Å². The second-order valence-electron chi connectivity index (χ2n) is 7.49. The average molecular weight is 472 g/mol. The average Bonchev–Trinajstić information content (AvgIpc) is 2.84. The molecule has 0 aliphatic carbocycles. The van der Waals surface area contributed by atoms with Crippen molar-refractivity contribution in [2.45, 2.75) is 52.4 Å². The highest BCUT2D eigenvalue weighted by atomic mass is 32.1. The van der Waals surface area contributed by atoms with Crippen LogP contribution < -0.4 is 25.6 Å². The molecule has 2 rings (SSSR count). The van der Waals surface area contributed by atoms with Gasteiger partial charge in [-0.2, -0.15) is 0 Å². The predicted octanol–water partition coefficient (Wildman–Crippen LogP) is 4.77. The third-order valence-electron chi connectivity index (χ3n) is 4.74. The molecule has 2 aromatic carbocycles. The highest BCUT2D eigenvalue weighted by Gasteiger charge is 2.13. The van der Waals surface area contributed by atoms with Crippen molar-refractivity contribution >= 4 is 29.1 Å². The summed E-state index contributed by atoms with van der Waals surface area (Å²) in [4.78, 5) is 24.8. The molecule has 0 aromatic heterocycles. The molecule has 0 bridgehead atoms. The molecule has 0 aliphatic heterocycles. The van der Waals surface area contributed by atoms with E-state index in [1.54, 1.807) is 48.5 Å². The second kappa shape index (κ2) is 14.8. The molecule has 0 saturated carbocycles. The zero-order valence-electron chi connectivity index (χ0n) is 19.3. The number of carbonyl (C=O) groups excluding carboxylic acids is 2. The van der Waals surface area contributed by atoms with Crippen molar-refractivity contribution in [2.75, 3.05) is 13.2 Å². The Morgan fingerprint density at radius 3 is 2.24 bits per heavy atom. The lowest BCUT2D eigenvalue weighted by Crippen LogP contribution is -2.48. The second-order valence-corrected chi connectivity index (χ2v) is 7.90. The summed E-state index contributed by atoms with van der Waals surface area (Å²) in [5.74, 6) is 0.393. The monoisotopic (exact) mass is 471 g/mol. The van der Waals surface area contributed by atoms with Gasteiger partial charge < -0.3 is 9.47 Å². The Morgan fingerprint density at radius 1 is 0.788 bits per heavy atom. The number of carbonyl (C=O) groups is 2. The maximum absolute atomic E-state index is 12.4. The minimum absolute atomic E-state index is 0.0206. The van der Waals surface area contributed by atoms with Gasteiger partial charge in [0, 0.05) is 5.56 Å². The molecule has 0 atom stereocenters. The Labute approximate surface area is 201 Å². The van der Waals surface area contributed by atoms with Gasteiger partial charge in [0.15, 0.2) is 5.11 Å². The number of hydrogen-bond donors (Lipinski definition) is 3. The van der Waals surface area contributed by atoms with Crippen molar-refractivity contribution in [1.29, 1.82) is 0 Å². The van der Waals surface area contributed by atoms with E-state index in [2.05, 4.69) is 23.1 Å². The number of rotatable bonds is 12. The zero-order valence-corrected chi connectivity index (χ0v) is 20.1. The molecule has 7 nitrogen and oxygen atoms in total. The highest BCUT2D eigenvalue weighted by molar-refractivity contribution is 7.80. The van der Waals surface area contributed by atoms with E-state index in [0.717, 1.165) is 25.0 Å². The summed E-state index contributed by atoms with van der Waals surface area (Å²) < 4.78 is 11.3. The number of ether oxygens (including phenoxy) is 2. The molecule has 0 saturated heterocycles. The van der Waals surface area contributed by atoms with Gasteiger partial charge in [-0.25, -0.2) is 0 Å². The van der Waals surface area contributed by atoms with Gasteiger partial charge in [0.05, 0.1) is 18.8 Å². The van der Waals surface area contributed by atoms with Crippen LogP contribution >= 0.6 is 12.2 Å². The van der Waals surface area contributed by atoms with Crippen molar-refractivity contribution in [3.8, 4) is 11.5 Å². The number of thiocarbonyl (C=S) groups is 1. The van der Waals surface area contributed by atoms with Crippen LogP contribution in [0.2, 0.25) is 0 Å². The van der Waals surface area contributed by atoms with E-state index in [4.69, 9.17) is 21.7 Å². The summed E-state index contributed by atoms with van der Waals surface area (Å²) in [5.41, 5.74) is 5.82. The van der Waals surface area contributed by atoms with Crippen LogP contribution in [0.15, 0.2) is 48.5 Å². The van der Waals surface area contributed by atoms with Gasteiger partial charge in [0.25, 0.3) is 11.8 Å². The maximum Gasteiger partial charge on any atom is 0.273 e. The Kier molecular flexibility index (Phi) is 11.7. The van der Waals surface area contributed by atoms with Crippen LogP contribution in [0.4, 0.5) is 0 Å². The molecule has 0 aliphatic rings. The fourth-order valence-electron chi connectivity index (χ4n) is 2.98. The van der Waals surface area contributed by atoms with Crippen LogP contribution in [-0.4, -0.2) is 30.1 Å². The van der Waals surface area contributed by atoms with Crippen molar-refractivity contribution in [2.24, 2.45) is 0 Å². The lowest BCUT2D eigenvalue weighted by atomic mass is 10.2. The fourth-order valence-corrected chi connectivity index (χ4v) is 3.12.